The lowest BCUT2D eigenvalue weighted by Gasteiger charge is -2.29. The van der Waals surface area contributed by atoms with Crippen LogP contribution in [0.5, 0.6) is 0 Å². The highest BCUT2D eigenvalue weighted by molar-refractivity contribution is 7.45. The van der Waals surface area contributed by atoms with Crippen LogP contribution in [0.15, 0.2) is 134 Å². The number of carbonyl (C=O) groups excluding carboxylic acids is 1. The number of quaternary nitrogens is 1. The molecule has 0 aromatic rings. The average molecular weight is 879 g/mol. The second-order valence-electron chi connectivity index (χ2n) is 16.4. The first kappa shape index (κ1) is 58.6. The fourth-order valence-electron chi connectivity index (χ4n) is 5.62. The number of nitrogens with one attached hydrogen (secondary N) is 1. The lowest BCUT2D eigenvalue weighted by Crippen LogP contribution is -2.45. The molecule has 0 aromatic carbocycles. The van der Waals surface area contributed by atoms with Crippen molar-refractivity contribution in [3.63, 3.8) is 0 Å². The molecule has 8 nitrogen and oxygen atoms in total. The molecule has 0 bridgehead atoms. The van der Waals surface area contributed by atoms with E-state index in [1.165, 1.54) is 0 Å². The zero-order valence-corrected chi connectivity index (χ0v) is 40.4. The summed E-state index contributed by atoms with van der Waals surface area (Å²) < 4.78 is 23.1. The normalized spacial score (nSPS) is 15.4. The van der Waals surface area contributed by atoms with Crippen molar-refractivity contribution in [1.29, 1.82) is 0 Å². The number of carbonyl (C=O) groups is 1. The number of hydrogen-bond acceptors (Lipinski definition) is 6. The van der Waals surface area contributed by atoms with E-state index in [-0.39, 0.29) is 18.9 Å². The number of aliphatic hydroxyl groups excluding tert-OH is 1. The Hall–Kier alpha value is -3.36. The Morgan fingerprint density at radius 2 is 1.00 bits per heavy atom. The molecule has 0 rings (SSSR count). The maximum absolute atomic E-state index is 12.8. The Morgan fingerprint density at radius 3 is 1.47 bits per heavy atom. The number of hydrogen-bond donors (Lipinski definition) is 2. The summed E-state index contributed by atoms with van der Waals surface area (Å²) in [7, 11) is 1.19. The second-order valence-corrected chi connectivity index (χ2v) is 17.8. The minimum absolute atomic E-state index is 0.0229. The summed E-state index contributed by atoms with van der Waals surface area (Å²) in [5.74, 6) is -0.246. The lowest BCUT2D eigenvalue weighted by molar-refractivity contribution is -0.870. The van der Waals surface area contributed by atoms with Crippen molar-refractivity contribution in [2.24, 2.45) is 0 Å². The number of aliphatic hydroxyl groups is 1. The van der Waals surface area contributed by atoms with Crippen molar-refractivity contribution < 1.29 is 32.9 Å². The van der Waals surface area contributed by atoms with Gasteiger partial charge in [-0.05, 0) is 103 Å². The van der Waals surface area contributed by atoms with Gasteiger partial charge in [0.15, 0.2) is 0 Å². The fraction of sp³-hybridized carbons (Fsp3) is 0.566. The van der Waals surface area contributed by atoms with Gasteiger partial charge in [-0.15, -0.1) is 0 Å². The van der Waals surface area contributed by atoms with Crippen LogP contribution in [0.3, 0.4) is 0 Å². The smallest absolute Gasteiger partial charge is 0.268 e. The van der Waals surface area contributed by atoms with Gasteiger partial charge in [0.25, 0.3) is 7.82 Å². The third kappa shape index (κ3) is 44.7. The molecule has 62 heavy (non-hydrogen) atoms. The van der Waals surface area contributed by atoms with Crippen LogP contribution in [0.1, 0.15) is 142 Å². The zero-order valence-electron chi connectivity index (χ0n) is 39.5. The van der Waals surface area contributed by atoms with E-state index in [0.29, 0.717) is 23.9 Å². The lowest BCUT2D eigenvalue weighted by atomic mass is 10.1. The molecule has 0 aliphatic heterocycles. The van der Waals surface area contributed by atoms with Gasteiger partial charge < -0.3 is 28.8 Å². The van der Waals surface area contributed by atoms with E-state index < -0.39 is 26.6 Å². The molecule has 0 saturated heterocycles. The molecule has 0 radical (unpaired) electrons. The number of phosphoric acid groups is 1. The predicted molar refractivity (Wildman–Crippen MR) is 265 cm³/mol. The standard InChI is InChI=1S/C53H87N2O6P/c1-6-8-10-12-14-16-18-19-20-21-22-23-24-25-26-27-28-29-30-31-32-33-34-35-37-39-41-43-45-47-53(57)54-51(50-61-62(58,59)60-49-48-55(3,4)5)52(56)46-44-42-40-38-36-17-15-13-11-9-7-2/h8,10-11,13-14,16,19-20,22-23,25-26,28-29,31-32,34-36,38,44,46,51-52,56H,6-7,9,12,15,17-18,21,24,27,30,33,37,39-43,45,47-50H2,1-5H3,(H-,54,57,58,59)/b10-8-,13-11+,16-14-,20-19-,23-22-,26-25-,29-28-,32-31-,35-34-,38-36+,46-44+. The third-order valence-electron chi connectivity index (χ3n) is 9.30. The third-order valence-corrected chi connectivity index (χ3v) is 10.3. The predicted octanol–water partition coefficient (Wildman–Crippen LogP) is 13.0. The molecule has 350 valence electrons. The van der Waals surface area contributed by atoms with Crippen LogP contribution in [-0.2, 0) is 18.4 Å². The average Bonchev–Trinajstić information content (AvgIpc) is 3.23. The molecule has 2 N–H and O–H groups in total. The molecule has 0 fully saturated rings. The molecule has 0 aliphatic rings. The Morgan fingerprint density at radius 1 is 0.581 bits per heavy atom. The highest BCUT2D eigenvalue weighted by atomic mass is 31.2. The molecule has 3 unspecified atom stereocenters. The minimum Gasteiger partial charge on any atom is -0.756 e. The largest absolute Gasteiger partial charge is 0.756 e. The monoisotopic (exact) mass is 879 g/mol. The molecular weight excluding hydrogens is 792 g/mol. The van der Waals surface area contributed by atoms with Gasteiger partial charge in [-0.25, -0.2) is 0 Å². The fourth-order valence-corrected chi connectivity index (χ4v) is 6.34. The van der Waals surface area contributed by atoms with Crippen molar-refractivity contribution in [2.75, 3.05) is 40.9 Å². The van der Waals surface area contributed by atoms with Crippen LogP contribution in [0.4, 0.5) is 0 Å². The van der Waals surface area contributed by atoms with E-state index in [0.717, 1.165) is 109 Å². The number of allylic oxidation sites excluding steroid dienone is 21. The first-order chi connectivity index (χ1) is 30.0. The number of unbranched alkanes of at least 4 members (excludes halogenated alkanes) is 7. The van der Waals surface area contributed by atoms with Gasteiger partial charge in [0, 0.05) is 6.42 Å². The molecular formula is C53H87N2O6P. The number of nitrogens with zero attached hydrogens (tertiary/aromatic N) is 1. The van der Waals surface area contributed by atoms with Crippen molar-refractivity contribution in [2.45, 2.75) is 154 Å². The van der Waals surface area contributed by atoms with Crippen LogP contribution in [-0.4, -0.2) is 68.5 Å². The van der Waals surface area contributed by atoms with Crippen molar-refractivity contribution in [3.05, 3.63) is 134 Å². The molecule has 0 heterocycles. The summed E-state index contributed by atoms with van der Waals surface area (Å²) in [6, 6.07) is -0.932. The summed E-state index contributed by atoms with van der Waals surface area (Å²) in [5, 5.41) is 13.7. The quantitative estimate of drug-likeness (QED) is 0.0275. The van der Waals surface area contributed by atoms with Gasteiger partial charge in [-0.1, -0.05) is 167 Å². The Labute approximate surface area is 379 Å². The molecule has 3 atom stereocenters. The van der Waals surface area contributed by atoms with E-state index in [9.17, 15) is 19.4 Å². The van der Waals surface area contributed by atoms with Crippen LogP contribution in [0.2, 0.25) is 0 Å². The van der Waals surface area contributed by atoms with Gasteiger partial charge in [-0.3, -0.25) is 9.36 Å². The van der Waals surface area contributed by atoms with Crippen molar-refractivity contribution in [3.8, 4) is 0 Å². The summed E-state index contributed by atoms with van der Waals surface area (Å²) in [6.07, 6.45) is 65.2. The van der Waals surface area contributed by atoms with E-state index in [1.54, 1.807) is 6.08 Å². The van der Waals surface area contributed by atoms with Crippen molar-refractivity contribution >= 4 is 13.7 Å². The number of rotatable bonds is 40. The van der Waals surface area contributed by atoms with Crippen molar-refractivity contribution in [1.82, 2.24) is 5.32 Å². The number of phosphoric ester groups is 1. The Kier molecular flexibility index (Phi) is 40.6. The van der Waals surface area contributed by atoms with E-state index in [4.69, 9.17) is 9.05 Å². The highest BCUT2D eigenvalue weighted by Crippen LogP contribution is 2.38. The minimum atomic E-state index is -4.62. The Bertz CT molecular complexity index is 1460. The van der Waals surface area contributed by atoms with Gasteiger partial charge >= 0.3 is 0 Å². The molecule has 0 aliphatic carbocycles. The maximum Gasteiger partial charge on any atom is 0.268 e. The molecule has 0 spiro atoms. The summed E-state index contributed by atoms with van der Waals surface area (Å²) in [4.78, 5) is 25.3. The topological polar surface area (TPSA) is 108 Å². The molecule has 0 aromatic heterocycles. The van der Waals surface area contributed by atoms with Crippen LogP contribution < -0.4 is 10.2 Å². The van der Waals surface area contributed by atoms with E-state index in [1.807, 2.05) is 27.2 Å². The van der Waals surface area contributed by atoms with Gasteiger partial charge in [0.05, 0.1) is 39.9 Å². The van der Waals surface area contributed by atoms with E-state index in [2.05, 4.69) is 141 Å². The SMILES string of the molecule is CC/C=C\C/C=C\C/C=C\C/C=C\C/C=C\C/C=C\C/C=C\C/C=C\CCCCCCC(=O)NC(COP(=O)([O-])OCC[N+](C)(C)C)C(O)/C=C/CC/C=C/CC/C=C/CCC. The first-order valence-electron chi connectivity index (χ1n) is 23.5. The first-order valence-corrected chi connectivity index (χ1v) is 25.0. The molecule has 1 amide bonds. The van der Waals surface area contributed by atoms with Gasteiger partial charge in [-0.2, -0.15) is 0 Å². The Balaban J connectivity index is 4.38. The molecule has 9 heteroatoms. The number of amides is 1. The number of likely N-dealkylation sites (N-methyl/N-ethyl adjacent to an activating group) is 1. The van der Waals surface area contributed by atoms with Crippen LogP contribution >= 0.6 is 7.82 Å². The maximum atomic E-state index is 12.8. The second kappa shape index (κ2) is 42.9. The van der Waals surface area contributed by atoms with Gasteiger partial charge in [0.2, 0.25) is 5.91 Å². The molecule has 0 saturated carbocycles. The summed E-state index contributed by atoms with van der Waals surface area (Å²) in [6.45, 7) is 4.36. The van der Waals surface area contributed by atoms with Crippen LogP contribution in [0.25, 0.3) is 0 Å². The zero-order chi connectivity index (χ0) is 45.7. The van der Waals surface area contributed by atoms with Crippen LogP contribution in [0, 0.1) is 0 Å². The van der Waals surface area contributed by atoms with E-state index >= 15 is 0 Å². The summed E-state index contributed by atoms with van der Waals surface area (Å²) >= 11 is 0. The highest BCUT2D eigenvalue weighted by Gasteiger charge is 2.23. The summed E-state index contributed by atoms with van der Waals surface area (Å²) in [5.41, 5.74) is 0. The van der Waals surface area contributed by atoms with Gasteiger partial charge in [0.1, 0.15) is 13.2 Å².